The van der Waals surface area contributed by atoms with Crippen molar-refractivity contribution in [2.45, 2.75) is 25.6 Å². The van der Waals surface area contributed by atoms with Gasteiger partial charge in [-0.1, -0.05) is 24.3 Å². The number of carboxylic acids is 1. The SMILES string of the molecule is CC(O)CN1CCN(C(=O)c2cc(Cc3n[nH]c(=O)c4ccccc34)ccc2F)CC1.O=C(O)C(F)(F)F. The number of halogens is 4. The van der Waals surface area contributed by atoms with Crippen LogP contribution in [0.4, 0.5) is 17.6 Å². The molecule has 38 heavy (non-hydrogen) atoms. The molecule has 0 saturated carbocycles. The summed E-state index contributed by atoms with van der Waals surface area (Å²) in [6, 6.07) is 11.7. The lowest BCUT2D eigenvalue weighted by Gasteiger charge is -2.35. The lowest BCUT2D eigenvalue weighted by molar-refractivity contribution is -0.192. The number of piperazine rings is 1. The second-order valence-electron chi connectivity index (χ2n) is 8.78. The Morgan fingerprint density at radius 2 is 1.68 bits per heavy atom. The molecule has 0 aliphatic carbocycles. The van der Waals surface area contributed by atoms with Crippen LogP contribution in [0.5, 0.6) is 0 Å². The van der Waals surface area contributed by atoms with E-state index in [1.165, 1.54) is 6.07 Å². The smallest absolute Gasteiger partial charge is 0.475 e. The number of carboxylic acid groups (broad SMARTS) is 1. The quantitative estimate of drug-likeness (QED) is 0.426. The molecule has 0 spiro atoms. The van der Waals surface area contributed by atoms with E-state index in [1.54, 1.807) is 36.1 Å². The van der Waals surface area contributed by atoms with Crippen LogP contribution in [0.3, 0.4) is 0 Å². The summed E-state index contributed by atoms with van der Waals surface area (Å²) in [5, 5.41) is 24.6. The van der Waals surface area contributed by atoms with Crippen molar-refractivity contribution in [1.29, 1.82) is 0 Å². The van der Waals surface area contributed by atoms with Crippen LogP contribution in [-0.4, -0.2) is 87.1 Å². The number of aromatic amines is 1. The summed E-state index contributed by atoms with van der Waals surface area (Å²) in [5.41, 5.74) is 1.17. The number of aromatic nitrogens is 2. The first-order valence-electron chi connectivity index (χ1n) is 11.6. The molecule has 2 aromatic carbocycles. The summed E-state index contributed by atoms with van der Waals surface area (Å²) in [6.07, 6.45) is -5.14. The molecule has 0 radical (unpaired) electrons. The van der Waals surface area contributed by atoms with Gasteiger partial charge in [-0.2, -0.15) is 18.3 Å². The third-order valence-corrected chi connectivity index (χ3v) is 5.83. The molecule has 0 bridgehead atoms. The Hall–Kier alpha value is -3.84. The number of benzene rings is 2. The van der Waals surface area contributed by atoms with Crippen LogP contribution in [0.15, 0.2) is 47.3 Å². The highest BCUT2D eigenvalue weighted by atomic mass is 19.4. The maximum absolute atomic E-state index is 14.5. The van der Waals surface area contributed by atoms with Gasteiger partial charge < -0.3 is 15.1 Å². The largest absolute Gasteiger partial charge is 0.490 e. The van der Waals surface area contributed by atoms with Gasteiger partial charge >= 0.3 is 12.1 Å². The van der Waals surface area contributed by atoms with E-state index in [2.05, 4.69) is 15.1 Å². The van der Waals surface area contributed by atoms with Gasteiger partial charge in [0.25, 0.3) is 11.5 Å². The molecule has 1 saturated heterocycles. The number of hydrogen-bond acceptors (Lipinski definition) is 6. The van der Waals surface area contributed by atoms with Crippen LogP contribution < -0.4 is 5.56 Å². The first kappa shape index (κ1) is 28.7. The minimum Gasteiger partial charge on any atom is -0.475 e. The second kappa shape index (κ2) is 12.1. The Bertz CT molecular complexity index is 1350. The van der Waals surface area contributed by atoms with Gasteiger partial charge in [-0.05, 0) is 30.7 Å². The first-order chi connectivity index (χ1) is 17.9. The maximum Gasteiger partial charge on any atom is 0.490 e. The fourth-order valence-corrected chi connectivity index (χ4v) is 4.02. The van der Waals surface area contributed by atoms with Crippen molar-refractivity contribution < 1.29 is 37.4 Å². The molecule has 1 atom stereocenters. The van der Waals surface area contributed by atoms with Gasteiger partial charge in [-0.3, -0.25) is 14.5 Å². The summed E-state index contributed by atoms with van der Waals surface area (Å²) in [5.74, 6) is -3.65. The number of carbonyl (C=O) groups excluding carboxylic acids is 1. The van der Waals surface area contributed by atoms with E-state index in [0.717, 1.165) is 10.9 Å². The van der Waals surface area contributed by atoms with Crippen molar-refractivity contribution in [2.75, 3.05) is 32.7 Å². The number of rotatable bonds is 5. The molecule has 2 heterocycles. The molecule has 3 aromatic rings. The minimum absolute atomic E-state index is 0.0372. The molecular weight excluding hydrogens is 512 g/mol. The number of aliphatic carboxylic acids is 1. The molecule has 1 amide bonds. The normalized spacial score (nSPS) is 15.1. The van der Waals surface area contributed by atoms with Gasteiger partial charge in [0, 0.05) is 44.5 Å². The van der Waals surface area contributed by atoms with Crippen molar-refractivity contribution in [1.82, 2.24) is 20.0 Å². The minimum atomic E-state index is -5.08. The van der Waals surface area contributed by atoms with Gasteiger partial charge in [-0.15, -0.1) is 0 Å². The van der Waals surface area contributed by atoms with E-state index < -0.39 is 24.1 Å². The third kappa shape index (κ3) is 7.35. The molecule has 13 heteroatoms. The summed E-state index contributed by atoms with van der Waals surface area (Å²) in [7, 11) is 0. The zero-order valence-corrected chi connectivity index (χ0v) is 20.3. The monoisotopic (exact) mass is 538 g/mol. The molecular formula is C25H26F4N4O5. The standard InChI is InChI=1S/C23H25FN4O3.C2HF3O2/c1-15(29)14-27-8-10-28(11-9-27)23(31)19-12-16(6-7-20(19)24)13-21-17-4-2-3-5-18(17)22(30)26-25-21;3-2(4,5)1(6)7/h2-7,12,15,29H,8-11,13-14H2,1H3,(H,26,30);(H,6,7). The summed E-state index contributed by atoms with van der Waals surface area (Å²) in [4.78, 5) is 37.6. The van der Waals surface area contributed by atoms with E-state index in [0.29, 0.717) is 50.2 Å². The van der Waals surface area contributed by atoms with Gasteiger partial charge in [-0.25, -0.2) is 14.3 Å². The van der Waals surface area contributed by atoms with Crippen molar-refractivity contribution in [3.05, 3.63) is 75.5 Å². The fraction of sp³-hybridized carbons (Fsp3) is 0.360. The predicted octanol–water partition coefficient (Wildman–Crippen LogP) is 2.42. The molecule has 3 N–H and O–H groups in total. The van der Waals surface area contributed by atoms with Crippen molar-refractivity contribution in [3.8, 4) is 0 Å². The number of aliphatic hydroxyl groups excluding tert-OH is 1. The number of hydrogen-bond donors (Lipinski definition) is 3. The fourth-order valence-electron chi connectivity index (χ4n) is 4.02. The van der Waals surface area contributed by atoms with Crippen molar-refractivity contribution >= 4 is 22.6 Å². The van der Waals surface area contributed by atoms with Crippen LogP contribution in [0.2, 0.25) is 0 Å². The number of H-pyrrole nitrogens is 1. The predicted molar refractivity (Wildman–Crippen MR) is 129 cm³/mol. The van der Waals surface area contributed by atoms with Crippen molar-refractivity contribution in [2.24, 2.45) is 0 Å². The number of amides is 1. The molecule has 1 unspecified atom stereocenters. The highest BCUT2D eigenvalue weighted by Crippen LogP contribution is 2.20. The van der Waals surface area contributed by atoms with Crippen LogP contribution in [0.1, 0.15) is 28.5 Å². The van der Waals surface area contributed by atoms with E-state index in [-0.39, 0.29) is 17.0 Å². The van der Waals surface area contributed by atoms with E-state index in [9.17, 15) is 32.3 Å². The van der Waals surface area contributed by atoms with E-state index >= 15 is 0 Å². The van der Waals surface area contributed by atoms with Crippen LogP contribution in [-0.2, 0) is 11.2 Å². The van der Waals surface area contributed by atoms with Gasteiger partial charge in [0.2, 0.25) is 0 Å². The van der Waals surface area contributed by atoms with Crippen molar-refractivity contribution in [3.63, 3.8) is 0 Å². The number of fused-ring (bicyclic) bond motifs is 1. The Balaban J connectivity index is 0.000000505. The number of β-amino-alcohol motifs (C(OH)–C–C–N with tert-alkyl or cyclic N) is 1. The number of alkyl halides is 3. The third-order valence-electron chi connectivity index (χ3n) is 5.83. The molecule has 204 valence electrons. The average molecular weight is 538 g/mol. The van der Waals surface area contributed by atoms with E-state index in [4.69, 9.17) is 9.90 Å². The Morgan fingerprint density at radius 1 is 1.08 bits per heavy atom. The average Bonchev–Trinajstić information content (AvgIpc) is 2.86. The second-order valence-corrected chi connectivity index (χ2v) is 8.78. The number of nitrogens with zero attached hydrogens (tertiary/aromatic N) is 3. The Morgan fingerprint density at radius 3 is 2.26 bits per heavy atom. The van der Waals surface area contributed by atoms with Gasteiger partial charge in [0.1, 0.15) is 5.82 Å². The topological polar surface area (TPSA) is 127 Å². The lowest BCUT2D eigenvalue weighted by Crippen LogP contribution is -2.50. The van der Waals surface area contributed by atoms with Crippen LogP contribution in [0, 0.1) is 5.82 Å². The first-order valence-corrected chi connectivity index (χ1v) is 11.6. The molecule has 1 fully saturated rings. The summed E-state index contributed by atoms with van der Waals surface area (Å²) in [6.45, 7) is 4.56. The summed E-state index contributed by atoms with van der Waals surface area (Å²) < 4.78 is 46.3. The maximum atomic E-state index is 14.5. The Labute approximate surface area is 214 Å². The lowest BCUT2D eigenvalue weighted by atomic mass is 10.0. The van der Waals surface area contributed by atoms with E-state index in [1.807, 2.05) is 12.1 Å². The van der Waals surface area contributed by atoms with Gasteiger partial charge in [0.05, 0.1) is 22.7 Å². The zero-order chi connectivity index (χ0) is 28.0. The van der Waals surface area contributed by atoms with Gasteiger partial charge in [0.15, 0.2) is 0 Å². The molecule has 4 rings (SSSR count). The zero-order valence-electron chi connectivity index (χ0n) is 20.3. The molecule has 1 aliphatic heterocycles. The number of nitrogens with one attached hydrogen (secondary N) is 1. The molecule has 9 nitrogen and oxygen atoms in total. The number of carbonyl (C=O) groups is 2. The van der Waals surface area contributed by atoms with Crippen LogP contribution in [0.25, 0.3) is 10.8 Å². The number of aliphatic hydroxyl groups is 1. The molecule has 1 aliphatic rings. The van der Waals surface area contributed by atoms with Crippen LogP contribution >= 0.6 is 0 Å². The molecule has 1 aromatic heterocycles. The highest BCUT2D eigenvalue weighted by molar-refractivity contribution is 5.95. The summed E-state index contributed by atoms with van der Waals surface area (Å²) >= 11 is 0. The highest BCUT2D eigenvalue weighted by Gasteiger charge is 2.38. The Kier molecular flexibility index (Phi) is 9.17.